The fraction of sp³-hybridized carbons (Fsp3) is 0.538. The normalized spacial score (nSPS) is 18.9. The van der Waals surface area contributed by atoms with E-state index in [1.165, 1.54) is 12.1 Å². The van der Waals surface area contributed by atoms with E-state index >= 15 is 0 Å². The second kappa shape index (κ2) is 6.08. The minimum absolute atomic E-state index is 0.161. The number of halogens is 3. The molecule has 1 aliphatic heterocycles. The third-order valence-electron chi connectivity index (χ3n) is 3.33. The van der Waals surface area contributed by atoms with Crippen molar-refractivity contribution in [1.29, 1.82) is 0 Å². The molecule has 1 saturated heterocycles. The molecule has 0 amide bonds. The van der Waals surface area contributed by atoms with Gasteiger partial charge in [-0.1, -0.05) is 0 Å². The predicted octanol–water partition coefficient (Wildman–Crippen LogP) is 2.86. The van der Waals surface area contributed by atoms with Gasteiger partial charge < -0.3 is 4.90 Å². The van der Waals surface area contributed by atoms with Crippen LogP contribution in [0.15, 0.2) is 16.6 Å². The molecule has 0 radical (unpaired) electrons. The van der Waals surface area contributed by atoms with Crippen LogP contribution >= 0.6 is 15.9 Å². The molecule has 0 N–H and O–H groups in total. The van der Waals surface area contributed by atoms with Gasteiger partial charge in [-0.05, 0) is 54.6 Å². The summed E-state index contributed by atoms with van der Waals surface area (Å²) in [7, 11) is 2.07. The van der Waals surface area contributed by atoms with Crippen molar-refractivity contribution in [1.82, 2.24) is 9.80 Å². The third-order valence-corrected chi connectivity index (χ3v) is 3.95. The Balaban J connectivity index is 2.11. The molecule has 1 heterocycles. The van der Waals surface area contributed by atoms with Crippen LogP contribution in [0.3, 0.4) is 0 Å². The summed E-state index contributed by atoms with van der Waals surface area (Å²) in [6, 6.07) is 2.72. The molecule has 0 unspecified atom stereocenters. The molecule has 1 fully saturated rings. The lowest BCUT2D eigenvalue weighted by Crippen LogP contribution is -2.29. The van der Waals surface area contributed by atoms with Crippen molar-refractivity contribution in [2.24, 2.45) is 0 Å². The van der Waals surface area contributed by atoms with Gasteiger partial charge in [-0.2, -0.15) is 0 Å². The summed E-state index contributed by atoms with van der Waals surface area (Å²) in [5.74, 6) is -0.944. The van der Waals surface area contributed by atoms with Crippen LogP contribution in [0.1, 0.15) is 12.0 Å². The van der Waals surface area contributed by atoms with Gasteiger partial charge in [-0.3, -0.25) is 4.90 Å². The molecule has 100 valence electrons. The first-order valence-electron chi connectivity index (χ1n) is 6.11. The van der Waals surface area contributed by atoms with Gasteiger partial charge in [0, 0.05) is 25.2 Å². The molecule has 0 atom stereocenters. The standard InChI is InChI=1S/C13H17BrF2N2/c1-17-5-2-6-18(8-7-17)9-10-12(15)4-3-11(14)13(10)16/h3-4H,2,5-9H2,1H3. The summed E-state index contributed by atoms with van der Waals surface area (Å²) < 4.78 is 27.9. The Morgan fingerprint density at radius 3 is 2.72 bits per heavy atom. The molecule has 5 heteroatoms. The van der Waals surface area contributed by atoms with Gasteiger partial charge >= 0.3 is 0 Å². The maximum absolute atomic E-state index is 13.9. The lowest BCUT2D eigenvalue weighted by Gasteiger charge is -2.21. The van der Waals surface area contributed by atoms with Crippen LogP contribution < -0.4 is 0 Å². The largest absolute Gasteiger partial charge is 0.305 e. The van der Waals surface area contributed by atoms with E-state index in [1.54, 1.807) is 0 Å². The zero-order valence-electron chi connectivity index (χ0n) is 10.4. The summed E-state index contributed by atoms with van der Waals surface area (Å²) in [6.07, 6.45) is 1.04. The third kappa shape index (κ3) is 3.28. The highest BCUT2D eigenvalue weighted by Gasteiger charge is 2.18. The molecule has 0 aliphatic carbocycles. The van der Waals surface area contributed by atoms with Gasteiger partial charge in [0.25, 0.3) is 0 Å². The van der Waals surface area contributed by atoms with E-state index in [0.29, 0.717) is 11.0 Å². The van der Waals surface area contributed by atoms with Crippen molar-refractivity contribution in [3.8, 4) is 0 Å². The minimum Gasteiger partial charge on any atom is -0.305 e. The molecule has 0 aromatic heterocycles. The predicted molar refractivity (Wildman–Crippen MR) is 71.4 cm³/mol. The van der Waals surface area contributed by atoms with Gasteiger partial charge in [0.15, 0.2) is 0 Å². The average molecular weight is 319 g/mol. The smallest absolute Gasteiger partial charge is 0.144 e. The van der Waals surface area contributed by atoms with Gasteiger partial charge in [-0.25, -0.2) is 8.78 Å². The molecule has 18 heavy (non-hydrogen) atoms. The van der Waals surface area contributed by atoms with Crippen molar-refractivity contribution < 1.29 is 8.78 Å². The van der Waals surface area contributed by atoms with Crippen molar-refractivity contribution in [2.75, 3.05) is 33.2 Å². The maximum Gasteiger partial charge on any atom is 0.144 e. The average Bonchev–Trinajstić information content (AvgIpc) is 2.55. The van der Waals surface area contributed by atoms with Gasteiger partial charge in [0.1, 0.15) is 11.6 Å². The second-order valence-electron chi connectivity index (χ2n) is 4.75. The Hall–Kier alpha value is -0.520. The molecule has 0 spiro atoms. The van der Waals surface area contributed by atoms with Gasteiger partial charge in [-0.15, -0.1) is 0 Å². The van der Waals surface area contributed by atoms with E-state index in [1.807, 2.05) is 0 Å². The number of nitrogens with zero attached hydrogens (tertiary/aromatic N) is 2. The highest BCUT2D eigenvalue weighted by Crippen LogP contribution is 2.23. The number of hydrogen-bond acceptors (Lipinski definition) is 2. The lowest BCUT2D eigenvalue weighted by atomic mass is 10.2. The number of hydrogen-bond donors (Lipinski definition) is 0. The summed E-state index contributed by atoms with van der Waals surface area (Å²) >= 11 is 3.10. The summed E-state index contributed by atoms with van der Waals surface area (Å²) in [6.45, 7) is 4.06. The zero-order valence-corrected chi connectivity index (χ0v) is 12.0. The second-order valence-corrected chi connectivity index (χ2v) is 5.61. The van der Waals surface area contributed by atoms with Crippen LogP contribution in [0.5, 0.6) is 0 Å². The van der Waals surface area contributed by atoms with E-state index in [2.05, 4.69) is 32.8 Å². The number of likely N-dealkylation sites (N-methyl/N-ethyl adjacent to an activating group) is 1. The Morgan fingerprint density at radius 2 is 1.94 bits per heavy atom. The van der Waals surface area contributed by atoms with Crippen molar-refractivity contribution in [3.63, 3.8) is 0 Å². The molecule has 2 nitrogen and oxygen atoms in total. The van der Waals surface area contributed by atoms with Gasteiger partial charge in [0.05, 0.1) is 4.47 Å². The summed E-state index contributed by atoms with van der Waals surface area (Å²) in [5, 5.41) is 0. The zero-order chi connectivity index (χ0) is 13.1. The molecule has 2 rings (SSSR count). The minimum atomic E-state index is -0.479. The fourth-order valence-electron chi connectivity index (χ4n) is 2.20. The Morgan fingerprint density at radius 1 is 1.17 bits per heavy atom. The molecule has 1 aliphatic rings. The molecular weight excluding hydrogens is 302 g/mol. The van der Waals surface area contributed by atoms with Crippen LogP contribution in [-0.2, 0) is 6.54 Å². The molecular formula is C13H17BrF2N2. The Bertz CT molecular complexity index is 426. The van der Waals surface area contributed by atoms with Crippen LogP contribution in [-0.4, -0.2) is 43.0 Å². The van der Waals surface area contributed by atoms with Crippen LogP contribution in [0.2, 0.25) is 0 Å². The van der Waals surface area contributed by atoms with Crippen molar-refractivity contribution in [2.45, 2.75) is 13.0 Å². The van der Waals surface area contributed by atoms with E-state index in [4.69, 9.17) is 0 Å². The fourth-order valence-corrected chi connectivity index (χ4v) is 2.57. The SMILES string of the molecule is CN1CCCN(Cc2c(F)ccc(Br)c2F)CC1. The first kappa shape index (κ1) is 13.9. The molecule has 0 saturated carbocycles. The Kier molecular flexibility index (Phi) is 4.70. The Labute approximate surface area is 115 Å². The topological polar surface area (TPSA) is 6.48 Å². The maximum atomic E-state index is 13.9. The number of benzene rings is 1. The first-order valence-corrected chi connectivity index (χ1v) is 6.90. The van der Waals surface area contributed by atoms with Crippen LogP contribution in [0, 0.1) is 11.6 Å². The molecule has 1 aromatic carbocycles. The molecule has 1 aromatic rings. The first-order chi connectivity index (χ1) is 8.58. The lowest BCUT2D eigenvalue weighted by molar-refractivity contribution is 0.262. The highest BCUT2D eigenvalue weighted by molar-refractivity contribution is 9.10. The van der Waals surface area contributed by atoms with E-state index < -0.39 is 11.6 Å². The van der Waals surface area contributed by atoms with Gasteiger partial charge in [0.2, 0.25) is 0 Å². The molecule has 0 bridgehead atoms. The van der Waals surface area contributed by atoms with E-state index in [9.17, 15) is 8.78 Å². The van der Waals surface area contributed by atoms with Crippen molar-refractivity contribution in [3.05, 3.63) is 33.8 Å². The van der Waals surface area contributed by atoms with Crippen molar-refractivity contribution >= 4 is 15.9 Å². The van der Waals surface area contributed by atoms with E-state index in [0.717, 1.165) is 32.6 Å². The van der Waals surface area contributed by atoms with E-state index in [-0.39, 0.29) is 5.56 Å². The van der Waals surface area contributed by atoms with Crippen LogP contribution in [0.4, 0.5) is 8.78 Å². The van der Waals surface area contributed by atoms with Crippen LogP contribution in [0.25, 0.3) is 0 Å². The number of rotatable bonds is 2. The quantitative estimate of drug-likeness (QED) is 0.774. The monoisotopic (exact) mass is 318 g/mol. The highest BCUT2D eigenvalue weighted by atomic mass is 79.9. The summed E-state index contributed by atoms with van der Waals surface area (Å²) in [5.41, 5.74) is 0.161. The summed E-state index contributed by atoms with van der Waals surface area (Å²) in [4.78, 5) is 4.35.